The summed E-state index contributed by atoms with van der Waals surface area (Å²) in [6.07, 6.45) is 1.12. The van der Waals surface area contributed by atoms with Crippen molar-refractivity contribution in [2.45, 2.75) is 38.0 Å². The first-order valence-corrected chi connectivity index (χ1v) is 6.34. The number of carbonyl (C=O) groups excluding carboxylic acids is 1. The molecular formula is C14H11N4O2-. The molecule has 0 amide bonds. The number of aromatic nitrogens is 2. The molecule has 2 atom stereocenters. The summed E-state index contributed by atoms with van der Waals surface area (Å²) in [6.45, 7) is 3.73. The van der Waals surface area contributed by atoms with E-state index in [1.807, 2.05) is 26.0 Å². The van der Waals surface area contributed by atoms with Gasteiger partial charge in [0.25, 0.3) is 0 Å². The first-order valence-electron chi connectivity index (χ1n) is 6.34. The van der Waals surface area contributed by atoms with Crippen molar-refractivity contribution in [3.63, 3.8) is 0 Å². The van der Waals surface area contributed by atoms with Gasteiger partial charge in [0.05, 0.1) is 22.8 Å². The van der Waals surface area contributed by atoms with E-state index in [4.69, 9.17) is 10.5 Å². The maximum Gasteiger partial charge on any atom is 0.177 e. The first-order chi connectivity index (χ1) is 9.40. The minimum Gasteiger partial charge on any atom is -0.549 e. The summed E-state index contributed by atoms with van der Waals surface area (Å²) in [6, 6.07) is 3.66. The molecule has 0 aromatic carbocycles. The summed E-state index contributed by atoms with van der Waals surface area (Å²) in [5, 5.41) is 29.8. The number of rotatable bonds is 1. The van der Waals surface area contributed by atoms with Gasteiger partial charge in [-0.2, -0.15) is 10.5 Å². The largest absolute Gasteiger partial charge is 0.549 e. The quantitative estimate of drug-likeness (QED) is 0.714. The van der Waals surface area contributed by atoms with Crippen LogP contribution in [0.5, 0.6) is 0 Å². The van der Waals surface area contributed by atoms with E-state index in [0.29, 0.717) is 24.2 Å². The van der Waals surface area contributed by atoms with Crippen LogP contribution >= 0.6 is 0 Å². The maximum atomic E-state index is 11.8. The molecule has 20 heavy (non-hydrogen) atoms. The fourth-order valence-corrected chi connectivity index (χ4v) is 3.87. The molecule has 2 unspecified atom stereocenters. The highest BCUT2D eigenvalue weighted by atomic mass is 16.4. The third-order valence-electron chi connectivity index (χ3n) is 5.00. The van der Waals surface area contributed by atoms with Gasteiger partial charge in [-0.05, 0) is 18.3 Å². The van der Waals surface area contributed by atoms with Crippen molar-refractivity contribution in [3.05, 3.63) is 22.8 Å². The SMILES string of the molecule is CC1(C)C2CCC1(C(=O)[O-])c1nc(C#N)c(C#N)nc12. The van der Waals surface area contributed by atoms with E-state index >= 15 is 0 Å². The van der Waals surface area contributed by atoms with E-state index < -0.39 is 16.8 Å². The highest BCUT2D eigenvalue weighted by molar-refractivity contribution is 5.83. The molecule has 0 N–H and O–H groups in total. The number of hydrogen-bond donors (Lipinski definition) is 0. The third-order valence-corrected chi connectivity index (χ3v) is 5.00. The van der Waals surface area contributed by atoms with Gasteiger partial charge >= 0.3 is 0 Å². The van der Waals surface area contributed by atoms with Crippen molar-refractivity contribution in [1.29, 1.82) is 10.5 Å². The average molecular weight is 267 g/mol. The van der Waals surface area contributed by atoms with Crippen LogP contribution in [0, 0.1) is 28.1 Å². The van der Waals surface area contributed by atoms with Crippen LogP contribution in [0.1, 0.15) is 55.4 Å². The van der Waals surface area contributed by atoms with Gasteiger partial charge in [0.2, 0.25) is 0 Å². The fourth-order valence-electron chi connectivity index (χ4n) is 3.87. The summed E-state index contributed by atoms with van der Waals surface area (Å²) in [5.41, 5.74) is -1.08. The zero-order valence-electron chi connectivity index (χ0n) is 11.1. The van der Waals surface area contributed by atoms with Crippen molar-refractivity contribution in [3.8, 4) is 12.1 Å². The number of carboxylic acids is 1. The molecule has 0 spiro atoms. The molecule has 1 aromatic rings. The zero-order valence-corrected chi connectivity index (χ0v) is 11.1. The average Bonchev–Trinajstić information content (AvgIpc) is 2.80. The molecule has 1 aromatic heterocycles. The van der Waals surface area contributed by atoms with E-state index in [-0.39, 0.29) is 17.3 Å². The molecule has 0 radical (unpaired) electrons. The van der Waals surface area contributed by atoms with Gasteiger partial charge in [-0.1, -0.05) is 13.8 Å². The fraction of sp³-hybridized carbons (Fsp3) is 0.500. The number of carbonyl (C=O) groups is 1. The molecule has 1 saturated carbocycles. The van der Waals surface area contributed by atoms with Gasteiger partial charge in [-0.15, -0.1) is 0 Å². The van der Waals surface area contributed by atoms with Gasteiger partial charge in [-0.25, -0.2) is 9.97 Å². The van der Waals surface area contributed by atoms with Gasteiger partial charge < -0.3 is 9.90 Å². The lowest BCUT2D eigenvalue weighted by atomic mass is 9.68. The van der Waals surface area contributed by atoms with Crippen LogP contribution in [0.15, 0.2) is 0 Å². The van der Waals surface area contributed by atoms with Crippen LogP contribution in [0.2, 0.25) is 0 Å². The number of nitriles is 2. The topological polar surface area (TPSA) is 113 Å². The smallest absolute Gasteiger partial charge is 0.177 e. The summed E-state index contributed by atoms with van der Waals surface area (Å²) >= 11 is 0. The molecule has 0 aliphatic heterocycles. The Labute approximate surface area is 115 Å². The minimum absolute atomic E-state index is 0.0388. The lowest BCUT2D eigenvalue weighted by molar-refractivity contribution is -0.317. The van der Waals surface area contributed by atoms with Gasteiger partial charge in [0.15, 0.2) is 11.4 Å². The lowest BCUT2D eigenvalue weighted by Gasteiger charge is -2.38. The van der Waals surface area contributed by atoms with Crippen molar-refractivity contribution >= 4 is 5.97 Å². The van der Waals surface area contributed by atoms with Crippen LogP contribution in [-0.2, 0) is 10.2 Å². The van der Waals surface area contributed by atoms with Crippen LogP contribution in [-0.4, -0.2) is 15.9 Å². The molecule has 6 heteroatoms. The number of carboxylic acid groups (broad SMARTS) is 1. The Kier molecular flexibility index (Phi) is 2.23. The second-order valence-corrected chi connectivity index (χ2v) is 5.88. The molecule has 3 rings (SSSR count). The predicted octanol–water partition coefficient (Wildman–Crippen LogP) is 0.125. The lowest BCUT2D eigenvalue weighted by Crippen LogP contribution is -2.51. The molecule has 2 bridgehead atoms. The molecule has 2 aliphatic rings. The van der Waals surface area contributed by atoms with E-state index in [0.717, 1.165) is 0 Å². The van der Waals surface area contributed by atoms with Crippen molar-refractivity contribution in [2.75, 3.05) is 0 Å². The molecular weight excluding hydrogens is 256 g/mol. The van der Waals surface area contributed by atoms with Crippen LogP contribution < -0.4 is 5.11 Å². The van der Waals surface area contributed by atoms with Gasteiger partial charge in [0.1, 0.15) is 12.1 Å². The number of nitrogens with zero attached hydrogens (tertiary/aromatic N) is 4. The van der Waals surface area contributed by atoms with E-state index in [1.165, 1.54) is 0 Å². The molecule has 2 aliphatic carbocycles. The maximum absolute atomic E-state index is 11.8. The highest BCUT2D eigenvalue weighted by Crippen LogP contribution is 2.66. The van der Waals surface area contributed by atoms with E-state index in [9.17, 15) is 9.90 Å². The van der Waals surface area contributed by atoms with Crippen LogP contribution in [0.25, 0.3) is 0 Å². The molecule has 0 saturated heterocycles. The summed E-state index contributed by atoms with van der Waals surface area (Å²) < 4.78 is 0. The molecule has 100 valence electrons. The van der Waals surface area contributed by atoms with Crippen LogP contribution in [0.4, 0.5) is 0 Å². The monoisotopic (exact) mass is 267 g/mol. The molecule has 1 fully saturated rings. The Balaban J connectivity index is 2.37. The van der Waals surface area contributed by atoms with Crippen LogP contribution in [0.3, 0.4) is 0 Å². The van der Waals surface area contributed by atoms with Crippen molar-refractivity contribution in [2.24, 2.45) is 5.41 Å². The normalized spacial score (nSPS) is 28.5. The van der Waals surface area contributed by atoms with Crippen molar-refractivity contribution in [1.82, 2.24) is 9.97 Å². The molecule has 1 heterocycles. The highest BCUT2D eigenvalue weighted by Gasteiger charge is 2.65. The Morgan fingerprint density at radius 3 is 2.45 bits per heavy atom. The van der Waals surface area contributed by atoms with E-state index in [2.05, 4.69) is 9.97 Å². The Hall–Kier alpha value is -2.47. The second-order valence-electron chi connectivity index (χ2n) is 5.88. The Morgan fingerprint density at radius 2 is 1.90 bits per heavy atom. The number of fused-ring (bicyclic) bond motifs is 5. The number of hydrogen-bond acceptors (Lipinski definition) is 6. The molecule has 6 nitrogen and oxygen atoms in total. The first kappa shape index (κ1) is 12.6. The predicted molar refractivity (Wildman–Crippen MR) is 63.9 cm³/mol. The summed E-state index contributed by atoms with van der Waals surface area (Å²) in [7, 11) is 0. The minimum atomic E-state index is -1.21. The Bertz CT molecular complexity index is 726. The van der Waals surface area contributed by atoms with E-state index in [1.54, 1.807) is 0 Å². The number of aliphatic carboxylic acids is 1. The summed E-state index contributed by atoms with van der Waals surface area (Å²) in [4.78, 5) is 20.1. The Morgan fingerprint density at radius 1 is 1.30 bits per heavy atom. The van der Waals surface area contributed by atoms with Gasteiger partial charge in [-0.3, -0.25) is 0 Å². The summed E-state index contributed by atoms with van der Waals surface area (Å²) in [5.74, 6) is -1.24. The zero-order chi connectivity index (χ0) is 14.7. The standard InChI is InChI=1S/C14H12N4O2/c1-13(2)7-3-4-14(13,12(19)20)11-10(7)17-8(5-15)9(6-16)18-11/h7H,3-4H2,1-2H3,(H,19,20)/p-1. The second kappa shape index (κ2) is 3.55. The van der Waals surface area contributed by atoms with Gasteiger partial charge in [0, 0.05) is 5.92 Å². The third kappa shape index (κ3) is 1.10. The van der Waals surface area contributed by atoms with Crippen molar-refractivity contribution < 1.29 is 9.90 Å².